The minimum Gasteiger partial charge on any atom is -0.464 e. The fourth-order valence-corrected chi connectivity index (χ4v) is 2.53. The SMILES string of the molecule is COC(=O)c1ccc([N+](=O)[O-])c(N(C)C2CCCC2)n1. The van der Waals surface area contributed by atoms with Gasteiger partial charge in [-0.2, -0.15) is 0 Å². The van der Waals surface area contributed by atoms with E-state index >= 15 is 0 Å². The van der Waals surface area contributed by atoms with E-state index in [4.69, 9.17) is 0 Å². The third-order valence-corrected chi connectivity index (χ3v) is 3.65. The molecule has 0 aromatic carbocycles. The van der Waals surface area contributed by atoms with Gasteiger partial charge < -0.3 is 9.64 Å². The molecule has 0 atom stereocenters. The first-order chi connectivity index (χ1) is 9.54. The van der Waals surface area contributed by atoms with Gasteiger partial charge in [0.15, 0.2) is 5.69 Å². The van der Waals surface area contributed by atoms with E-state index in [1.54, 1.807) is 11.9 Å². The van der Waals surface area contributed by atoms with Crippen LogP contribution in [0.15, 0.2) is 12.1 Å². The van der Waals surface area contributed by atoms with Gasteiger partial charge in [-0.25, -0.2) is 9.78 Å². The summed E-state index contributed by atoms with van der Waals surface area (Å²) >= 11 is 0. The summed E-state index contributed by atoms with van der Waals surface area (Å²) in [4.78, 5) is 28.1. The number of esters is 1. The lowest BCUT2D eigenvalue weighted by Crippen LogP contribution is -2.30. The quantitative estimate of drug-likeness (QED) is 0.477. The van der Waals surface area contributed by atoms with Gasteiger partial charge in [-0.1, -0.05) is 12.8 Å². The molecule has 1 aliphatic rings. The van der Waals surface area contributed by atoms with Crippen LogP contribution < -0.4 is 4.90 Å². The molecule has 1 heterocycles. The highest BCUT2D eigenvalue weighted by Crippen LogP contribution is 2.31. The molecule has 0 saturated heterocycles. The molecule has 108 valence electrons. The minimum absolute atomic E-state index is 0.0814. The number of nitrogens with zero attached hydrogens (tertiary/aromatic N) is 3. The molecule has 0 amide bonds. The van der Waals surface area contributed by atoms with Crippen LogP contribution in [0.3, 0.4) is 0 Å². The van der Waals surface area contributed by atoms with Gasteiger partial charge in [0.1, 0.15) is 0 Å². The van der Waals surface area contributed by atoms with E-state index in [0.29, 0.717) is 0 Å². The van der Waals surface area contributed by atoms with E-state index in [0.717, 1.165) is 25.7 Å². The van der Waals surface area contributed by atoms with E-state index in [1.165, 1.54) is 19.2 Å². The number of ether oxygens (including phenoxy) is 1. The lowest BCUT2D eigenvalue weighted by Gasteiger charge is -2.25. The minimum atomic E-state index is -0.596. The van der Waals surface area contributed by atoms with Crippen molar-refractivity contribution in [2.45, 2.75) is 31.7 Å². The van der Waals surface area contributed by atoms with Gasteiger partial charge in [-0.3, -0.25) is 10.1 Å². The van der Waals surface area contributed by atoms with Crippen LogP contribution in [-0.4, -0.2) is 36.1 Å². The maximum Gasteiger partial charge on any atom is 0.356 e. The van der Waals surface area contributed by atoms with Crippen LogP contribution in [0, 0.1) is 10.1 Å². The Balaban J connectivity index is 2.40. The van der Waals surface area contributed by atoms with Crippen molar-refractivity contribution in [2.75, 3.05) is 19.1 Å². The lowest BCUT2D eigenvalue weighted by atomic mass is 10.2. The Bertz CT molecular complexity index is 526. The molecule has 7 heteroatoms. The van der Waals surface area contributed by atoms with Crippen molar-refractivity contribution >= 4 is 17.5 Å². The molecule has 1 aromatic rings. The second kappa shape index (κ2) is 5.85. The highest BCUT2D eigenvalue weighted by molar-refractivity contribution is 5.88. The van der Waals surface area contributed by atoms with Crippen LogP contribution in [0.4, 0.5) is 11.5 Å². The molecule has 1 saturated carbocycles. The number of hydrogen-bond donors (Lipinski definition) is 0. The van der Waals surface area contributed by atoms with Crippen LogP contribution in [0.2, 0.25) is 0 Å². The van der Waals surface area contributed by atoms with Gasteiger partial charge in [-0.15, -0.1) is 0 Å². The third kappa shape index (κ3) is 2.71. The molecule has 0 aliphatic heterocycles. The predicted molar refractivity (Wildman–Crippen MR) is 72.9 cm³/mol. The van der Waals surface area contributed by atoms with Crippen molar-refractivity contribution in [1.29, 1.82) is 0 Å². The summed E-state index contributed by atoms with van der Waals surface area (Å²) < 4.78 is 4.61. The largest absolute Gasteiger partial charge is 0.464 e. The molecule has 0 spiro atoms. The summed E-state index contributed by atoms with van der Waals surface area (Å²) in [6.07, 6.45) is 4.19. The van der Waals surface area contributed by atoms with Gasteiger partial charge in [0.2, 0.25) is 5.82 Å². The Morgan fingerprint density at radius 2 is 2.10 bits per heavy atom. The van der Waals surface area contributed by atoms with Crippen LogP contribution in [0.5, 0.6) is 0 Å². The first-order valence-electron chi connectivity index (χ1n) is 6.51. The molecule has 1 aromatic heterocycles. The van der Waals surface area contributed by atoms with E-state index in [-0.39, 0.29) is 23.2 Å². The zero-order valence-electron chi connectivity index (χ0n) is 11.5. The second-order valence-electron chi connectivity index (χ2n) is 4.84. The summed E-state index contributed by atoms with van der Waals surface area (Å²) in [5.41, 5.74) is -0.00926. The van der Waals surface area contributed by atoms with Gasteiger partial charge in [0.05, 0.1) is 12.0 Å². The number of nitro groups is 1. The molecule has 7 nitrogen and oxygen atoms in total. The number of methoxy groups -OCH3 is 1. The summed E-state index contributed by atoms with van der Waals surface area (Å²) in [6.45, 7) is 0. The number of hydrogen-bond acceptors (Lipinski definition) is 6. The van der Waals surface area contributed by atoms with Crippen molar-refractivity contribution < 1.29 is 14.5 Å². The maximum absolute atomic E-state index is 11.5. The summed E-state index contributed by atoms with van der Waals surface area (Å²) in [5.74, 6) is -0.370. The van der Waals surface area contributed by atoms with Gasteiger partial charge in [0.25, 0.3) is 0 Å². The number of carbonyl (C=O) groups excluding carboxylic acids is 1. The number of carbonyl (C=O) groups is 1. The fourth-order valence-electron chi connectivity index (χ4n) is 2.53. The van der Waals surface area contributed by atoms with Crippen LogP contribution >= 0.6 is 0 Å². The number of anilines is 1. The van der Waals surface area contributed by atoms with Crippen LogP contribution in [0.25, 0.3) is 0 Å². The zero-order chi connectivity index (χ0) is 14.7. The Morgan fingerprint density at radius 3 is 2.65 bits per heavy atom. The van der Waals surface area contributed by atoms with Gasteiger partial charge >= 0.3 is 11.7 Å². The van der Waals surface area contributed by atoms with E-state index in [1.807, 2.05) is 0 Å². The Hall–Kier alpha value is -2.18. The summed E-state index contributed by atoms with van der Waals surface area (Å²) in [5, 5.41) is 11.1. The average molecular weight is 279 g/mol. The van der Waals surface area contributed by atoms with Crippen LogP contribution in [0.1, 0.15) is 36.2 Å². The molecular formula is C13H17N3O4. The predicted octanol–water partition coefficient (Wildman–Crippen LogP) is 2.16. The normalized spacial score (nSPS) is 15.1. The number of aromatic nitrogens is 1. The lowest BCUT2D eigenvalue weighted by molar-refractivity contribution is -0.384. The van der Waals surface area contributed by atoms with Crippen molar-refractivity contribution in [3.8, 4) is 0 Å². The highest BCUT2D eigenvalue weighted by atomic mass is 16.6. The van der Waals surface area contributed by atoms with Crippen LogP contribution in [-0.2, 0) is 4.74 Å². The summed E-state index contributed by atoms with van der Waals surface area (Å²) in [7, 11) is 3.04. The first-order valence-corrected chi connectivity index (χ1v) is 6.51. The molecule has 0 unspecified atom stereocenters. The number of rotatable bonds is 4. The highest BCUT2D eigenvalue weighted by Gasteiger charge is 2.27. The molecular weight excluding hydrogens is 262 g/mol. The number of pyridine rings is 1. The molecule has 0 radical (unpaired) electrons. The van der Waals surface area contributed by atoms with Crippen molar-refractivity contribution in [3.05, 3.63) is 27.9 Å². The Labute approximate surface area is 116 Å². The molecule has 20 heavy (non-hydrogen) atoms. The van der Waals surface area contributed by atoms with Gasteiger partial charge in [0, 0.05) is 19.2 Å². The smallest absolute Gasteiger partial charge is 0.356 e. The summed E-state index contributed by atoms with van der Waals surface area (Å²) in [6, 6.07) is 2.85. The maximum atomic E-state index is 11.5. The first kappa shape index (κ1) is 14.2. The topological polar surface area (TPSA) is 85.6 Å². The second-order valence-corrected chi connectivity index (χ2v) is 4.84. The van der Waals surface area contributed by atoms with Crippen molar-refractivity contribution in [3.63, 3.8) is 0 Å². The molecule has 0 N–H and O–H groups in total. The van der Waals surface area contributed by atoms with Crippen molar-refractivity contribution in [2.24, 2.45) is 0 Å². The van der Waals surface area contributed by atoms with Gasteiger partial charge in [-0.05, 0) is 18.9 Å². The molecule has 2 rings (SSSR count). The van der Waals surface area contributed by atoms with E-state index < -0.39 is 10.9 Å². The molecule has 1 fully saturated rings. The third-order valence-electron chi connectivity index (χ3n) is 3.65. The Morgan fingerprint density at radius 1 is 1.45 bits per heavy atom. The van der Waals surface area contributed by atoms with E-state index in [2.05, 4.69) is 9.72 Å². The zero-order valence-corrected chi connectivity index (χ0v) is 11.5. The average Bonchev–Trinajstić information content (AvgIpc) is 2.99. The van der Waals surface area contributed by atoms with Crippen molar-refractivity contribution in [1.82, 2.24) is 4.98 Å². The van der Waals surface area contributed by atoms with E-state index in [9.17, 15) is 14.9 Å². The monoisotopic (exact) mass is 279 g/mol. The standard InChI is InChI=1S/C13H17N3O4/c1-15(9-5-3-4-6-9)12-11(16(18)19)8-7-10(14-12)13(17)20-2/h7-9H,3-6H2,1-2H3. The fraction of sp³-hybridized carbons (Fsp3) is 0.538. The Kier molecular flexibility index (Phi) is 4.16. The molecule has 1 aliphatic carbocycles. The molecule has 0 bridgehead atoms.